The van der Waals surface area contributed by atoms with Crippen LogP contribution in [0.15, 0.2) is 35.7 Å². The Hall–Kier alpha value is -2.07. The molecule has 3 nitrogen and oxygen atoms in total. The fourth-order valence-corrected chi connectivity index (χ4v) is 3.14. The number of hydrogen-bond acceptors (Lipinski definition) is 2. The number of carbonyl (C=O) groups is 1. The summed E-state index contributed by atoms with van der Waals surface area (Å²) in [5.41, 5.74) is 4.80. The third kappa shape index (κ3) is 2.23. The Kier molecular flexibility index (Phi) is 3.32. The van der Waals surface area contributed by atoms with Gasteiger partial charge in [-0.1, -0.05) is 25.1 Å². The number of amides is 1. The predicted octanol–water partition coefficient (Wildman–Crippen LogP) is 4.35. The van der Waals surface area contributed by atoms with Crippen molar-refractivity contribution in [1.82, 2.24) is 4.98 Å². The third-order valence-electron chi connectivity index (χ3n) is 3.46. The van der Waals surface area contributed by atoms with E-state index < -0.39 is 0 Å². The lowest BCUT2D eigenvalue weighted by atomic mass is 10.1. The molecule has 3 aromatic rings. The van der Waals surface area contributed by atoms with Crippen LogP contribution < -0.4 is 5.32 Å². The van der Waals surface area contributed by atoms with E-state index in [4.69, 9.17) is 0 Å². The number of rotatable bonds is 3. The molecule has 0 fully saturated rings. The van der Waals surface area contributed by atoms with E-state index in [1.165, 1.54) is 0 Å². The molecule has 0 aliphatic rings. The molecule has 20 heavy (non-hydrogen) atoms. The van der Waals surface area contributed by atoms with Gasteiger partial charge < -0.3 is 10.3 Å². The lowest BCUT2D eigenvalue weighted by Crippen LogP contribution is -2.14. The molecule has 1 aromatic carbocycles. The molecule has 2 heterocycles. The average Bonchev–Trinajstić information content (AvgIpc) is 3.01. The summed E-state index contributed by atoms with van der Waals surface area (Å²) in [5.74, 6) is -0.0857. The molecule has 0 spiro atoms. The maximum atomic E-state index is 12.4. The molecule has 0 atom stereocenters. The molecule has 0 radical (unpaired) electrons. The van der Waals surface area contributed by atoms with E-state index in [0.717, 1.165) is 33.5 Å². The molecular formula is C16H16N2OS. The molecule has 2 aromatic heterocycles. The highest BCUT2D eigenvalue weighted by atomic mass is 32.1. The van der Waals surface area contributed by atoms with Crippen molar-refractivity contribution in [3.8, 4) is 0 Å². The van der Waals surface area contributed by atoms with E-state index in [0.29, 0.717) is 5.69 Å². The van der Waals surface area contributed by atoms with Crippen molar-refractivity contribution < 1.29 is 4.79 Å². The Morgan fingerprint density at radius 2 is 2.20 bits per heavy atom. The first kappa shape index (κ1) is 12.9. The Bertz CT molecular complexity index is 741. The molecule has 0 bridgehead atoms. The van der Waals surface area contributed by atoms with Crippen LogP contribution in [0.25, 0.3) is 10.2 Å². The van der Waals surface area contributed by atoms with Crippen molar-refractivity contribution in [2.24, 2.45) is 0 Å². The van der Waals surface area contributed by atoms with Crippen molar-refractivity contribution in [2.45, 2.75) is 20.3 Å². The Balaban J connectivity index is 1.91. The van der Waals surface area contributed by atoms with Crippen LogP contribution in [0.5, 0.6) is 0 Å². The maximum Gasteiger partial charge on any atom is 0.272 e. The molecular weight excluding hydrogens is 268 g/mol. The van der Waals surface area contributed by atoms with Crippen molar-refractivity contribution in [3.63, 3.8) is 0 Å². The van der Waals surface area contributed by atoms with E-state index >= 15 is 0 Å². The number of anilines is 1. The van der Waals surface area contributed by atoms with E-state index in [-0.39, 0.29) is 5.91 Å². The largest absolute Gasteiger partial charge is 0.350 e. The number of hydrogen-bond donors (Lipinski definition) is 2. The van der Waals surface area contributed by atoms with Gasteiger partial charge in [-0.05, 0) is 42.0 Å². The molecule has 0 saturated carbocycles. The highest BCUT2D eigenvalue weighted by molar-refractivity contribution is 7.17. The van der Waals surface area contributed by atoms with Gasteiger partial charge in [0.1, 0.15) is 5.69 Å². The number of benzene rings is 1. The first-order valence-electron chi connectivity index (χ1n) is 6.65. The summed E-state index contributed by atoms with van der Waals surface area (Å²) < 4.78 is 1.11. The van der Waals surface area contributed by atoms with E-state index in [2.05, 4.69) is 23.3 Å². The molecule has 1 amide bonds. The lowest BCUT2D eigenvalue weighted by molar-refractivity contribution is 0.102. The number of para-hydroxylation sites is 1. The Morgan fingerprint density at radius 1 is 1.35 bits per heavy atom. The van der Waals surface area contributed by atoms with Gasteiger partial charge in [-0.15, -0.1) is 11.3 Å². The molecule has 0 aliphatic carbocycles. The zero-order valence-corrected chi connectivity index (χ0v) is 12.3. The highest BCUT2D eigenvalue weighted by Gasteiger charge is 2.13. The number of carbonyl (C=O) groups excluding carboxylic acids is 1. The van der Waals surface area contributed by atoms with Crippen LogP contribution in [0.4, 0.5) is 5.69 Å². The second-order valence-electron chi connectivity index (χ2n) is 4.80. The fraction of sp³-hybridized carbons (Fsp3) is 0.188. The second-order valence-corrected chi connectivity index (χ2v) is 5.75. The molecule has 0 saturated heterocycles. The molecule has 0 unspecified atom stereocenters. The smallest absolute Gasteiger partial charge is 0.272 e. The van der Waals surface area contributed by atoms with Crippen molar-refractivity contribution in [2.75, 3.05) is 5.32 Å². The van der Waals surface area contributed by atoms with Gasteiger partial charge in [0.05, 0.1) is 10.2 Å². The van der Waals surface area contributed by atoms with Gasteiger partial charge in [-0.3, -0.25) is 4.79 Å². The number of H-pyrrole nitrogens is 1. The van der Waals surface area contributed by atoms with E-state index in [1.54, 1.807) is 11.3 Å². The summed E-state index contributed by atoms with van der Waals surface area (Å²) in [6.45, 7) is 4.11. The summed E-state index contributed by atoms with van der Waals surface area (Å²) in [5, 5.41) is 5.04. The van der Waals surface area contributed by atoms with Gasteiger partial charge in [0.25, 0.3) is 5.91 Å². The van der Waals surface area contributed by atoms with Crippen LogP contribution >= 0.6 is 11.3 Å². The number of fused-ring (bicyclic) bond motifs is 1. The minimum Gasteiger partial charge on any atom is -0.350 e. The van der Waals surface area contributed by atoms with Crippen LogP contribution in [0, 0.1) is 6.92 Å². The van der Waals surface area contributed by atoms with Gasteiger partial charge >= 0.3 is 0 Å². The predicted molar refractivity (Wildman–Crippen MR) is 84.7 cm³/mol. The summed E-state index contributed by atoms with van der Waals surface area (Å²) in [6, 6.07) is 9.98. The van der Waals surface area contributed by atoms with Gasteiger partial charge in [-0.2, -0.15) is 0 Å². The third-order valence-corrected chi connectivity index (χ3v) is 4.33. The lowest BCUT2D eigenvalue weighted by Gasteiger charge is -2.12. The van der Waals surface area contributed by atoms with Crippen LogP contribution in [-0.4, -0.2) is 10.9 Å². The van der Waals surface area contributed by atoms with Crippen molar-refractivity contribution in [3.05, 3.63) is 52.5 Å². The number of aromatic nitrogens is 1. The average molecular weight is 284 g/mol. The number of aromatic amines is 1. The summed E-state index contributed by atoms with van der Waals surface area (Å²) in [7, 11) is 0. The number of aryl methyl sites for hydroxylation is 2. The summed E-state index contributed by atoms with van der Waals surface area (Å²) >= 11 is 1.63. The van der Waals surface area contributed by atoms with Gasteiger partial charge in [0.2, 0.25) is 0 Å². The zero-order valence-electron chi connectivity index (χ0n) is 11.5. The number of thiophene rings is 1. The molecule has 4 heteroatoms. The Morgan fingerprint density at radius 3 is 2.95 bits per heavy atom. The molecule has 102 valence electrons. The standard InChI is InChI=1S/C16H16N2OS/c1-3-11-6-4-5-10(2)15(11)18-16(19)13-9-14-12(17-13)7-8-20-14/h4-9,17H,3H2,1-2H3,(H,18,19). The summed E-state index contributed by atoms with van der Waals surface area (Å²) in [6.07, 6.45) is 0.900. The number of nitrogens with one attached hydrogen (secondary N) is 2. The van der Waals surface area contributed by atoms with Crippen LogP contribution in [-0.2, 0) is 6.42 Å². The van der Waals surface area contributed by atoms with Crippen LogP contribution in [0.1, 0.15) is 28.5 Å². The van der Waals surface area contributed by atoms with E-state index in [1.807, 2.05) is 36.6 Å². The minimum absolute atomic E-state index is 0.0857. The normalized spacial score (nSPS) is 10.9. The maximum absolute atomic E-state index is 12.4. The molecule has 0 aliphatic heterocycles. The molecule has 2 N–H and O–H groups in total. The minimum atomic E-state index is -0.0857. The van der Waals surface area contributed by atoms with Crippen LogP contribution in [0.2, 0.25) is 0 Å². The highest BCUT2D eigenvalue weighted by Crippen LogP contribution is 2.24. The SMILES string of the molecule is CCc1cccc(C)c1NC(=O)c1cc2sccc2[nH]1. The first-order valence-corrected chi connectivity index (χ1v) is 7.53. The summed E-state index contributed by atoms with van der Waals surface area (Å²) in [4.78, 5) is 15.5. The van der Waals surface area contributed by atoms with Crippen LogP contribution in [0.3, 0.4) is 0 Å². The zero-order chi connectivity index (χ0) is 14.1. The topological polar surface area (TPSA) is 44.9 Å². The van der Waals surface area contributed by atoms with Crippen molar-refractivity contribution in [1.29, 1.82) is 0 Å². The first-order chi connectivity index (χ1) is 9.69. The quantitative estimate of drug-likeness (QED) is 0.737. The monoisotopic (exact) mass is 284 g/mol. The Labute approximate surface area is 121 Å². The van der Waals surface area contributed by atoms with Gasteiger partial charge in [0.15, 0.2) is 0 Å². The van der Waals surface area contributed by atoms with E-state index in [9.17, 15) is 4.79 Å². The van der Waals surface area contributed by atoms with Crippen molar-refractivity contribution >= 4 is 33.1 Å². The van der Waals surface area contributed by atoms with Gasteiger partial charge in [0, 0.05) is 5.69 Å². The van der Waals surface area contributed by atoms with Gasteiger partial charge in [-0.25, -0.2) is 0 Å². The fourth-order valence-electron chi connectivity index (χ4n) is 2.35. The molecule has 3 rings (SSSR count). The second kappa shape index (κ2) is 5.13.